The van der Waals surface area contributed by atoms with Gasteiger partial charge in [-0.2, -0.15) is 0 Å². The van der Waals surface area contributed by atoms with Gasteiger partial charge in [0.25, 0.3) is 0 Å². The van der Waals surface area contributed by atoms with E-state index in [4.69, 9.17) is 4.74 Å². The monoisotopic (exact) mass is 190 g/mol. The molecule has 1 heteroatoms. The average Bonchev–Trinajstić information content (AvgIpc) is 2.17. The fraction of sp³-hybridized carbons (Fsp3) is 0.538. The van der Waals surface area contributed by atoms with Gasteiger partial charge in [0.15, 0.2) is 0 Å². The molecule has 1 aliphatic rings. The van der Waals surface area contributed by atoms with Gasteiger partial charge in [-0.1, -0.05) is 38.5 Å². The van der Waals surface area contributed by atoms with Gasteiger partial charge in [-0.25, -0.2) is 0 Å². The highest BCUT2D eigenvalue weighted by Crippen LogP contribution is 2.36. The second-order valence-electron chi connectivity index (χ2n) is 4.63. The topological polar surface area (TPSA) is 9.23 Å². The first-order valence-corrected chi connectivity index (χ1v) is 5.44. The van der Waals surface area contributed by atoms with Gasteiger partial charge in [0, 0.05) is 5.41 Å². The van der Waals surface area contributed by atoms with E-state index in [1.165, 1.54) is 18.4 Å². The Hall–Kier alpha value is -0.980. The number of rotatable bonds is 2. The average molecular weight is 190 g/mol. The largest absolute Gasteiger partial charge is 0.493 e. The van der Waals surface area contributed by atoms with Crippen LogP contribution in [0.5, 0.6) is 5.75 Å². The predicted octanol–water partition coefficient (Wildman–Crippen LogP) is 3.43. The lowest BCUT2D eigenvalue weighted by Crippen LogP contribution is -2.31. The summed E-state index contributed by atoms with van der Waals surface area (Å²) >= 11 is 0. The Morgan fingerprint density at radius 3 is 2.93 bits per heavy atom. The van der Waals surface area contributed by atoms with Crippen molar-refractivity contribution in [3.63, 3.8) is 0 Å². The first-order chi connectivity index (χ1) is 6.73. The van der Waals surface area contributed by atoms with Crippen molar-refractivity contribution in [3.05, 3.63) is 29.8 Å². The van der Waals surface area contributed by atoms with E-state index in [1.807, 2.05) is 6.07 Å². The zero-order chi connectivity index (χ0) is 10.0. The molecule has 76 valence electrons. The molecule has 0 aromatic heterocycles. The number of hydrogen-bond donors (Lipinski definition) is 0. The first kappa shape index (κ1) is 9.57. The minimum absolute atomic E-state index is 0.350. The fourth-order valence-corrected chi connectivity index (χ4v) is 2.32. The molecule has 1 atom stereocenters. The van der Waals surface area contributed by atoms with Gasteiger partial charge in [0.05, 0.1) is 6.61 Å². The Kier molecular flexibility index (Phi) is 2.49. The second kappa shape index (κ2) is 3.64. The van der Waals surface area contributed by atoms with Gasteiger partial charge < -0.3 is 4.74 Å². The van der Waals surface area contributed by atoms with E-state index in [0.29, 0.717) is 5.41 Å². The van der Waals surface area contributed by atoms with Crippen LogP contribution in [0.15, 0.2) is 24.3 Å². The third-order valence-electron chi connectivity index (χ3n) is 3.02. The molecule has 2 rings (SSSR count). The first-order valence-electron chi connectivity index (χ1n) is 5.44. The molecule has 1 nitrogen and oxygen atoms in total. The maximum atomic E-state index is 5.79. The summed E-state index contributed by atoms with van der Waals surface area (Å²) in [5, 5.41) is 0. The van der Waals surface area contributed by atoms with Crippen molar-refractivity contribution in [2.75, 3.05) is 6.61 Å². The van der Waals surface area contributed by atoms with Crippen molar-refractivity contribution < 1.29 is 4.74 Å². The van der Waals surface area contributed by atoms with Crippen LogP contribution in [-0.2, 0) is 6.42 Å². The molecule has 0 N–H and O–H groups in total. The maximum Gasteiger partial charge on any atom is 0.122 e. The van der Waals surface area contributed by atoms with E-state index < -0.39 is 0 Å². The Morgan fingerprint density at radius 2 is 2.14 bits per heavy atom. The van der Waals surface area contributed by atoms with Crippen LogP contribution >= 0.6 is 0 Å². The van der Waals surface area contributed by atoms with E-state index >= 15 is 0 Å². The maximum absolute atomic E-state index is 5.79. The van der Waals surface area contributed by atoms with Crippen LogP contribution in [0.4, 0.5) is 0 Å². The lowest BCUT2D eigenvalue weighted by atomic mass is 9.79. The molecule has 0 saturated carbocycles. The third kappa shape index (κ3) is 1.77. The minimum Gasteiger partial charge on any atom is -0.493 e. The molecule has 0 aliphatic carbocycles. The van der Waals surface area contributed by atoms with Gasteiger partial charge in [0.2, 0.25) is 0 Å². The Bertz CT molecular complexity index is 319. The normalized spacial score (nSPS) is 25.3. The van der Waals surface area contributed by atoms with E-state index in [-0.39, 0.29) is 0 Å². The lowest BCUT2D eigenvalue weighted by molar-refractivity contribution is 0.127. The van der Waals surface area contributed by atoms with Gasteiger partial charge >= 0.3 is 0 Å². The number of para-hydroxylation sites is 1. The lowest BCUT2D eigenvalue weighted by Gasteiger charge is -2.34. The highest BCUT2D eigenvalue weighted by atomic mass is 16.5. The molecule has 1 aromatic rings. The van der Waals surface area contributed by atoms with Gasteiger partial charge in [-0.15, -0.1) is 0 Å². The Morgan fingerprint density at radius 1 is 1.36 bits per heavy atom. The number of hydrogen-bond acceptors (Lipinski definition) is 1. The predicted molar refractivity (Wildman–Crippen MR) is 58.7 cm³/mol. The van der Waals surface area contributed by atoms with E-state index in [0.717, 1.165) is 18.8 Å². The van der Waals surface area contributed by atoms with Crippen LogP contribution in [0, 0.1) is 5.41 Å². The van der Waals surface area contributed by atoms with E-state index in [9.17, 15) is 0 Å². The van der Waals surface area contributed by atoms with Crippen LogP contribution in [0.2, 0.25) is 0 Å². The minimum atomic E-state index is 0.350. The molecule has 1 unspecified atom stereocenters. The zero-order valence-corrected chi connectivity index (χ0v) is 9.05. The Labute approximate surface area is 86.1 Å². The summed E-state index contributed by atoms with van der Waals surface area (Å²) in [6.45, 7) is 5.44. The van der Waals surface area contributed by atoms with Gasteiger partial charge in [-0.05, 0) is 24.5 Å². The smallest absolute Gasteiger partial charge is 0.122 e. The molecule has 0 radical (unpaired) electrons. The summed E-state index contributed by atoms with van der Waals surface area (Å²) in [7, 11) is 0. The van der Waals surface area contributed by atoms with Gasteiger partial charge in [-0.3, -0.25) is 0 Å². The van der Waals surface area contributed by atoms with Crippen molar-refractivity contribution >= 4 is 0 Å². The molecule has 1 heterocycles. The molecular formula is C13H18O. The van der Waals surface area contributed by atoms with Gasteiger partial charge in [0.1, 0.15) is 5.75 Å². The SMILES string of the molecule is CCCC1(C)COc2ccccc2C1. The molecule has 0 bridgehead atoms. The summed E-state index contributed by atoms with van der Waals surface area (Å²) in [5.74, 6) is 1.08. The molecule has 0 saturated heterocycles. The van der Waals surface area contributed by atoms with Crippen molar-refractivity contribution in [1.82, 2.24) is 0 Å². The molecule has 1 aromatic carbocycles. The summed E-state index contributed by atoms with van der Waals surface area (Å²) in [6.07, 6.45) is 3.65. The summed E-state index contributed by atoms with van der Waals surface area (Å²) in [6, 6.07) is 8.39. The number of fused-ring (bicyclic) bond motifs is 1. The quantitative estimate of drug-likeness (QED) is 0.694. The van der Waals surface area contributed by atoms with Crippen LogP contribution in [0.25, 0.3) is 0 Å². The van der Waals surface area contributed by atoms with Crippen molar-refractivity contribution in [1.29, 1.82) is 0 Å². The van der Waals surface area contributed by atoms with Crippen molar-refractivity contribution in [2.45, 2.75) is 33.1 Å². The van der Waals surface area contributed by atoms with Crippen molar-refractivity contribution in [2.24, 2.45) is 5.41 Å². The highest BCUT2D eigenvalue weighted by Gasteiger charge is 2.29. The molecule has 0 amide bonds. The molecule has 0 fully saturated rings. The fourth-order valence-electron chi connectivity index (χ4n) is 2.32. The van der Waals surface area contributed by atoms with Crippen LogP contribution in [0.1, 0.15) is 32.3 Å². The standard InChI is InChI=1S/C13H18O/c1-3-8-13(2)9-11-6-4-5-7-12(11)14-10-13/h4-7H,3,8-10H2,1-2H3. The number of benzene rings is 1. The van der Waals surface area contributed by atoms with Crippen LogP contribution < -0.4 is 4.74 Å². The third-order valence-corrected chi connectivity index (χ3v) is 3.02. The molecule has 14 heavy (non-hydrogen) atoms. The summed E-state index contributed by atoms with van der Waals surface area (Å²) in [5.41, 5.74) is 1.72. The molecular weight excluding hydrogens is 172 g/mol. The zero-order valence-electron chi connectivity index (χ0n) is 9.05. The molecule has 1 aliphatic heterocycles. The molecule has 0 spiro atoms. The summed E-state index contributed by atoms with van der Waals surface area (Å²) < 4.78 is 5.79. The Balaban J connectivity index is 2.20. The second-order valence-corrected chi connectivity index (χ2v) is 4.63. The van der Waals surface area contributed by atoms with Crippen LogP contribution in [0.3, 0.4) is 0 Å². The summed E-state index contributed by atoms with van der Waals surface area (Å²) in [4.78, 5) is 0. The van der Waals surface area contributed by atoms with Crippen LogP contribution in [-0.4, -0.2) is 6.61 Å². The van der Waals surface area contributed by atoms with Crippen molar-refractivity contribution in [3.8, 4) is 5.75 Å². The van der Waals surface area contributed by atoms with E-state index in [1.54, 1.807) is 0 Å². The highest BCUT2D eigenvalue weighted by molar-refractivity contribution is 5.35. The van der Waals surface area contributed by atoms with E-state index in [2.05, 4.69) is 32.0 Å². The number of ether oxygens (including phenoxy) is 1.